The molecule has 0 fully saturated rings. The molecule has 0 aliphatic carbocycles. The number of benzene rings is 1. The number of β-amino-alcohol motifs (C(OH)–C–C–N with tert-alkyl or cyclic N) is 1. The van der Waals surface area contributed by atoms with Gasteiger partial charge in [0.1, 0.15) is 0 Å². The fourth-order valence-electron chi connectivity index (χ4n) is 2.46. The molecule has 1 aliphatic heterocycles. The summed E-state index contributed by atoms with van der Waals surface area (Å²) in [5.74, 6) is -1.18. The van der Waals surface area contributed by atoms with Gasteiger partial charge in [-0.3, -0.25) is 4.90 Å². The van der Waals surface area contributed by atoms with Gasteiger partial charge in [0, 0.05) is 19.6 Å². The minimum absolute atomic E-state index is 0.153. The third-order valence-electron chi connectivity index (χ3n) is 3.67. The van der Waals surface area contributed by atoms with Crippen LogP contribution in [0.5, 0.6) is 0 Å². The Morgan fingerprint density at radius 2 is 2.20 bits per heavy atom. The number of hydrogen-bond donors (Lipinski definition) is 2. The Bertz CT molecular complexity index is 534. The molecule has 0 saturated carbocycles. The zero-order chi connectivity index (χ0) is 14.8. The van der Waals surface area contributed by atoms with Crippen LogP contribution < -0.4 is 0 Å². The van der Waals surface area contributed by atoms with Crippen LogP contribution in [0.3, 0.4) is 0 Å². The Kier molecular flexibility index (Phi) is 4.26. The van der Waals surface area contributed by atoms with E-state index in [9.17, 15) is 9.90 Å². The topological polar surface area (TPSA) is 60.8 Å². The lowest BCUT2D eigenvalue weighted by Crippen LogP contribution is -2.47. The number of aryl methyl sites for hydroxylation is 1. The van der Waals surface area contributed by atoms with Crippen LogP contribution in [-0.4, -0.2) is 46.3 Å². The second-order valence-corrected chi connectivity index (χ2v) is 5.66. The van der Waals surface area contributed by atoms with E-state index in [0.717, 1.165) is 13.0 Å². The van der Waals surface area contributed by atoms with Gasteiger partial charge in [0.2, 0.25) is 0 Å². The molecule has 2 rings (SSSR count). The van der Waals surface area contributed by atoms with Gasteiger partial charge < -0.3 is 10.2 Å². The van der Waals surface area contributed by atoms with E-state index in [1.807, 2.05) is 11.0 Å². The van der Waals surface area contributed by atoms with Crippen molar-refractivity contribution in [1.82, 2.24) is 4.90 Å². The highest BCUT2D eigenvalue weighted by molar-refractivity contribution is 5.76. The molecule has 1 aliphatic rings. The van der Waals surface area contributed by atoms with Crippen molar-refractivity contribution in [2.75, 3.05) is 19.6 Å². The summed E-state index contributed by atoms with van der Waals surface area (Å²) in [6.07, 6.45) is 3.00. The molecule has 0 radical (unpaired) electrons. The molecule has 4 nitrogen and oxygen atoms in total. The molecule has 0 saturated heterocycles. The van der Waals surface area contributed by atoms with Crippen LogP contribution in [0.15, 0.2) is 30.3 Å². The number of aliphatic carboxylic acids is 1. The second-order valence-electron chi connectivity index (χ2n) is 5.66. The molecule has 0 bridgehead atoms. The highest BCUT2D eigenvalue weighted by Crippen LogP contribution is 2.23. The van der Waals surface area contributed by atoms with E-state index in [2.05, 4.69) is 31.2 Å². The molecular weight excluding hydrogens is 254 g/mol. The standard InChI is InChI=1S/C16H21NO3/c1-12-4-3-5-14(10-12)13-6-8-17(9-7-13)11-16(2,20)15(18)19/h3-6,10,20H,7-9,11H2,1-2H3,(H,18,19). The monoisotopic (exact) mass is 275 g/mol. The number of hydrogen-bond acceptors (Lipinski definition) is 3. The predicted octanol–water partition coefficient (Wildman–Crippen LogP) is 1.92. The Labute approximate surface area is 119 Å². The summed E-state index contributed by atoms with van der Waals surface area (Å²) in [5.41, 5.74) is 2.07. The van der Waals surface area contributed by atoms with Gasteiger partial charge in [-0.25, -0.2) is 4.79 Å². The summed E-state index contributed by atoms with van der Waals surface area (Å²) < 4.78 is 0. The normalized spacial score (nSPS) is 19.2. The molecule has 0 spiro atoms. The van der Waals surface area contributed by atoms with Crippen LogP contribution >= 0.6 is 0 Å². The Morgan fingerprint density at radius 1 is 1.45 bits per heavy atom. The molecule has 0 amide bonds. The van der Waals surface area contributed by atoms with Crippen molar-refractivity contribution in [2.45, 2.75) is 25.9 Å². The van der Waals surface area contributed by atoms with Crippen LogP contribution in [0, 0.1) is 6.92 Å². The summed E-state index contributed by atoms with van der Waals surface area (Å²) in [5, 5.41) is 18.7. The molecule has 1 unspecified atom stereocenters. The van der Waals surface area contributed by atoms with E-state index in [-0.39, 0.29) is 6.54 Å². The van der Waals surface area contributed by atoms with E-state index < -0.39 is 11.6 Å². The first kappa shape index (κ1) is 14.8. The predicted molar refractivity (Wildman–Crippen MR) is 78.5 cm³/mol. The van der Waals surface area contributed by atoms with Crippen molar-refractivity contribution in [3.05, 3.63) is 41.5 Å². The SMILES string of the molecule is Cc1cccc(C2=CCN(CC(C)(O)C(=O)O)CC2)c1. The fraction of sp³-hybridized carbons (Fsp3) is 0.438. The summed E-state index contributed by atoms with van der Waals surface area (Å²) in [6.45, 7) is 5.01. The van der Waals surface area contributed by atoms with Crippen molar-refractivity contribution in [2.24, 2.45) is 0 Å². The van der Waals surface area contributed by atoms with Crippen LogP contribution in [0.1, 0.15) is 24.5 Å². The summed E-state index contributed by atoms with van der Waals surface area (Å²) in [7, 11) is 0. The van der Waals surface area contributed by atoms with Crippen LogP contribution in [-0.2, 0) is 4.79 Å². The van der Waals surface area contributed by atoms with Crippen LogP contribution in [0.2, 0.25) is 0 Å². The van der Waals surface area contributed by atoms with Crippen molar-refractivity contribution < 1.29 is 15.0 Å². The summed E-state index contributed by atoms with van der Waals surface area (Å²) in [6, 6.07) is 8.38. The number of carboxylic acids is 1. The number of carbonyl (C=O) groups is 1. The Morgan fingerprint density at radius 3 is 2.75 bits per heavy atom. The van der Waals surface area contributed by atoms with Gasteiger partial charge in [-0.15, -0.1) is 0 Å². The van der Waals surface area contributed by atoms with Crippen LogP contribution in [0.4, 0.5) is 0 Å². The largest absolute Gasteiger partial charge is 0.479 e. The van der Waals surface area contributed by atoms with E-state index in [4.69, 9.17) is 5.11 Å². The first-order valence-electron chi connectivity index (χ1n) is 6.83. The minimum Gasteiger partial charge on any atom is -0.479 e. The zero-order valence-corrected chi connectivity index (χ0v) is 12.0. The van der Waals surface area contributed by atoms with E-state index in [0.29, 0.717) is 6.54 Å². The average Bonchev–Trinajstić information content (AvgIpc) is 2.39. The highest BCUT2D eigenvalue weighted by Gasteiger charge is 2.32. The molecule has 1 heterocycles. The third kappa shape index (κ3) is 3.46. The van der Waals surface area contributed by atoms with Crippen molar-refractivity contribution in [3.8, 4) is 0 Å². The van der Waals surface area contributed by atoms with Crippen molar-refractivity contribution in [3.63, 3.8) is 0 Å². The third-order valence-corrected chi connectivity index (χ3v) is 3.67. The quantitative estimate of drug-likeness (QED) is 0.881. The lowest BCUT2D eigenvalue weighted by molar-refractivity contribution is -0.158. The molecule has 1 aromatic rings. The average molecular weight is 275 g/mol. The maximum absolute atomic E-state index is 10.9. The van der Waals surface area contributed by atoms with Crippen molar-refractivity contribution in [1.29, 1.82) is 0 Å². The van der Waals surface area contributed by atoms with Crippen molar-refractivity contribution >= 4 is 11.5 Å². The molecule has 4 heteroatoms. The molecule has 1 aromatic carbocycles. The second kappa shape index (κ2) is 5.77. The molecule has 0 aromatic heterocycles. The summed E-state index contributed by atoms with van der Waals surface area (Å²) >= 11 is 0. The lowest BCUT2D eigenvalue weighted by Gasteiger charge is -2.31. The number of aliphatic hydroxyl groups is 1. The Hall–Kier alpha value is -1.65. The molecule has 108 valence electrons. The van der Waals surface area contributed by atoms with Crippen LogP contribution in [0.25, 0.3) is 5.57 Å². The van der Waals surface area contributed by atoms with Gasteiger partial charge in [0.25, 0.3) is 0 Å². The summed E-state index contributed by atoms with van der Waals surface area (Å²) in [4.78, 5) is 12.9. The van der Waals surface area contributed by atoms with Gasteiger partial charge >= 0.3 is 5.97 Å². The van der Waals surface area contributed by atoms with Gasteiger partial charge in [-0.1, -0.05) is 35.9 Å². The fourth-order valence-corrected chi connectivity index (χ4v) is 2.46. The number of nitrogens with zero attached hydrogens (tertiary/aromatic N) is 1. The van der Waals surface area contributed by atoms with E-state index >= 15 is 0 Å². The Balaban J connectivity index is 2.02. The first-order valence-corrected chi connectivity index (χ1v) is 6.83. The lowest BCUT2D eigenvalue weighted by atomic mass is 9.97. The smallest absolute Gasteiger partial charge is 0.336 e. The zero-order valence-electron chi connectivity index (χ0n) is 12.0. The molecule has 20 heavy (non-hydrogen) atoms. The van der Waals surface area contributed by atoms with Gasteiger partial charge in [-0.05, 0) is 31.4 Å². The molecule has 2 N–H and O–H groups in total. The van der Waals surface area contributed by atoms with E-state index in [1.165, 1.54) is 23.6 Å². The molecule has 1 atom stereocenters. The molecular formula is C16H21NO3. The minimum atomic E-state index is -1.69. The van der Waals surface area contributed by atoms with Gasteiger partial charge in [0.05, 0.1) is 0 Å². The maximum atomic E-state index is 10.9. The number of rotatable bonds is 4. The van der Waals surface area contributed by atoms with Gasteiger partial charge in [-0.2, -0.15) is 0 Å². The van der Waals surface area contributed by atoms with Gasteiger partial charge in [0.15, 0.2) is 5.60 Å². The first-order chi connectivity index (χ1) is 9.38. The van der Waals surface area contributed by atoms with E-state index in [1.54, 1.807) is 0 Å². The highest BCUT2D eigenvalue weighted by atomic mass is 16.4. The number of carboxylic acid groups (broad SMARTS) is 1. The maximum Gasteiger partial charge on any atom is 0.336 e.